The first-order valence-corrected chi connectivity index (χ1v) is 6.86. The van der Waals surface area contributed by atoms with Gasteiger partial charge in [0.15, 0.2) is 5.13 Å². The van der Waals surface area contributed by atoms with E-state index >= 15 is 0 Å². The minimum absolute atomic E-state index is 0.741. The molecule has 0 aliphatic heterocycles. The maximum Gasteiger partial charge on any atom is 0.185 e. The van der Waals surface area contributed by atoms with Gasteiger partial charge in [0.05, 0.1) is 12.3 Å². The molecule has 0 atom stereocenters. The topological polar surface area (TPSA) is 25.4 Å². The molecule has 0 saturated heterocycles. The summed E-state index contributed by atoms with van der Waals surface area (Å²) in [7, 11) is 1.73. The maximum absolute atomic E-state index is 5.10. The van der Waals surface area contributed by atoms with Crippen LogP contribution in [0.1, 0.15) is 10.6 Å². The highest BCUT2D eigenvalue weighted by Gasteiger charge is 2.11. The third kappa shape index (κ3) is 3.74. The summed E-state index contributed by atoms with van der Waals surface area (Å²) in [6.45, 7) is 6.77. The van der Waals surface area contributed by atoms with E-state index in [2.05, 4.69) is 39.7 Å². The predicted octanol–water partition coefficient (Wildman–Crippen LogP) is 2.61. The van der Waals surface area contributed by atoms with Crippen molar-refractivity contribution in [1.29, 1.82) is 0 Å². The summed E-state index contributed by atoms with van der Waals surface area (Å²) in [5.41, 5.74) is 1.13. The fourth-order valence-corrected chi connectivity index (χ4v) is 2.59. The van der Waals surface area contributed by atoms with Gasteiger partial charge in [-0.25, -0.2) is 4.98 Å². The summed E-state index contributed by atoms with van der Waals surface area (Å²) >= 11 is 5.21. The first-order chi connectivity index (χ1) is 7.19. The second kappa shape index (κ2) is 6.45. The van der Waals surface area contributed by atoms with Crippen molar-refractivity contribution in [3.8, 4) is 0 Å². The molecule has 0 spiro atoms. The molecule has 5 heteroatoms. The Morgan fingerprint density at radius 3 is 2.60 bits per heavy atom. The van der Waals surface area contributed by atoms with Crippen molar-refractivity contribution in [2.24, 2.45) is 0 Å². The molecule has 3 nitrogen and oxygen atoms in total. The average molecular weight is 293 g/mol. The van der Waals surface area contributed by atoms with Crippen molar-refractivity contribution in [2.75, 3.05) is 37.0 Å². The number of rotatable bonds is 6. The molecule has 0 aliphatic rings. The van der Waals surface area contributed by atoms with Crippen LogP contribution in [0.3, 0.4) is 0 Å². The zero-order valence-corrected chi connectivity index (χ0v) is 11.8. The van der Waals surface area contributed by atoms with Gasteiger partial charge in [0.25, 0.3) is 0 Å². The Kier molecular flexibility index (Phi) is 5.56. The molecule has 0 aromatic carbocycles. The van der Waals surface area contributed by atoms with Gasteiger partial charge < -0.3 is 9.64 Å². The van der Waals surface area contributed by atoms with Crippen LogP contribution in [0.4, 0.5) is 5.13 Å². The molecule has 0 radical (unpaired) electrons. The Balaban J connectivity index is 2.69. The van der Waals surface area contributed by atoms with Crippen molar-refractivity contribution >= 4 is 32.4 Å². The number of hydrogen-bond donors (Lipinski definition) is 0. The van der Waals surface area contributed by atoms with E-state index in [1.54, 1.807) is 18.4 Å². The van der Waals surface area contributed by atoms with Crippen LogP contribution in [0.5, 0.6) is 0 Å². The SMILES string of the molecule is COCCN(CCBr)c1nc(C)c(C)s1. The van der Waals surface area contributed by atoms with E-state index in [9.17, 15) is 0 Å². The number of aryl methyl sites for hydroxylation is 2. The lowest BCUT2D eigenvalue weighted by Crippen LogP contribution is -2.28. The molecule has 15 heavy (non-hydrogen) atoms. The van der Waals surface area contributed by atoms with Crippen molar-refractivity contribution in [1.82, 2.24) is 4.98 Å². The maximum atomic E-state index is 5.10. The predicted molar refractivity (Wildman–Crippen MR) is 69.5 cm³/mol. The molecule has 86 valence electrons. The third-order valence-corrected chi connectivity index (χ3v) is 3.70. The fraction of sp³-hybridized carbons (Fsp3) is 0.700. The summed E-state index contributed by atoms with van der Waals surface area (Å²) in [4.78, 5) is 8.10. The van der Waals surface area contributed by atoms with Crippen LogP contribution in [0.15, 0.2) is 0 Å². The fourth-order valence-electron chi connectivity index (χ4n) is 1.20. The number of anilines is 1. The van der Waals surface area contributed by atoms with Crippen molar-refractivity contribution < 1.29 is 4.74 Å². The van der Waals surface area contributed by atoms with E-state index in [0.29, 0.717) is 0 Å². The van der Waals surface area contributed by atoms with Gasteiger partial charge in [0.1, 0.15) is 0 Å². The van der Waals surface area contributed by atoms with Crippen LogP contribution in [0.25, 0.3) is 0 Å². The Morgan fingerprint density at radius 2 is 2.13 bits per heavy atom. The highest BCUT2D eigenvalue weighted by Crippen LogP contribution is 2.24. The van der Waals surface area contributed by atoms with Gasteiger partial charge in [-0.2, -0.15) is 0 Å². The van der Waals surface area contributed by atoms with Crippen molar-refractivity contribution in [2.45, 2.75) is 13.8 Å². The molecule has 0 unspecified atom stereocenters. The Bertz CT molecular complexity index is 284. The number of nitrogens with zero attached hydrogens (tertiary/aromatic N) is 2. The minimum atomic E-state index is 0.741. The molecule has 0 aliphatic carbocycles. The zero-order chi connectivity index (χ0) is 11.3. The van der Waals surface area contributed by atoms with E-state index < -0.39 is 0 Å². The van der Waals surface area contributed by atoms with E-state index in [0.717, 1.165) is 35.9 Å². The summed E-state index contributed by atoms with van der Waals surface area (Å²) in [6, 6.07) is 0. The summed E-state index contributed by atoms with van der Waals surface area (Å²) in [6.07, 6.45) is 0. The number of aromatic nitrogens is 1. The highest BCUT2D eigenvalue weighted by atomic mass is 79.9. The van der Waals surface area contributed by atoms with Gasteiger partial charge in [-0.05, 0) is 13.8 Å². The second-order valence-corrected chi connectivity index (χ2v) is 5.28. The first-order valence-electron chi connectivity index (χ1n) is 4.93. The van der Waals surface area contributed by atoms with Crippen LogP contribution >= 0.6 is 27.3 Å². The van der Waals surface area contributed by atoms with E-state index in [1.165, 1.54) is 4.88 Å². The average Bonchev–Trinajstić information content (AvgIpc) is 2.54. The molecule has 0 fully saturated rings. The van der Waals surface area contributed by atoms with E-state index in [4.69, 9.17) is 4.74 Å². The molecule has 1 aromatic heterocycles. The normalized spacial score (nSPS) is 10.7. The second-order valence-electron chi connectivity index (χ2n) is 3.31. The Labute approximate surface area is 104 Å². The van der Waals surface area contributed by atoms with Crippen LogP contribution < -0.4 is 4.90 Å². The molecule has 0 saturated carbocycles. The minimum Gasteiger partial charge on any atom is -0.383 e. The number of ether oxygens (including phenoxy) is 1. The van der Waals surface area contributed by atoms with Gasteiger partial charge in [-0.15, -0.1) is 11.3 Å². The molecular weight excluding hydrogens is 276 g/mol. The Morgan fingerprint density at radius 1 is 1.40 bits per heavy atom. The molecule has 1 aromatic rings. The van der Waals surface area contributed by atoms with Gasteiger partial charge in [0, 0.05) is 30.4 Å². The number of thiazole rings is 1. The lowest BCUT2D eigenvalue weighted by atomic mass is 10.4. The van der Waals surface area contributed by atoms with Gasteiger partial charge >= 0.3 is 0 Å². The van der Waals surface area contributed by atoms with E-state index in [1.807, 2.05) is 0 Å². The van der Waals surface area contributed by atoms with E-state index in [-0.39, 0.29) is 0 Å². The molecule has 0 bridgehead atoms. The quantitative estimate of drug-likeness (QED) is 0.754. The molecule has 0 N–H and O–H groups in total. The lowest BCUT2D eigenvalue weighted by molar-refractivity contribution is 0.205. The van der Waals surface area contributed by atoms with Crippen LogP contribution in [0, 0.1) is 13.8 Å². The zero-order valence-electron chi connectivity index (χ0n) is 9.42. The summed E-state index contributed by atoms with van der Waals surface area (Å²) < 4.78 is 5.10. The molecule has 0 amide bonds. The first kappa shape index (κ1) is 12.9. The lowest BCUT2D eigenvalue weighted by Gasteiger charge is -2.19. The van der Waals surface area contributed by atoms with Gasteiger partial charge in [-0.3, -0.25) is 0 Å². The monoisotopic (exact) mass is 292 g/mol. The third-order valence-electron chi connectivity index (χ3n) is 2.21. The molecular formula is C10H17BrN2OS. The smallest absolute Gasteiger partial charge is 0.185 e. The van der Waals surface area contributed by atoms with Crippen LogP contribution in [0.2, 0.25) is 0 Å². The van der Waals surface area contributed by atoms with Gasteiger partial charge in [0.2, 0.25) is 0 Å². The van der Waals surface area contributed by atoms with Crippen molar-refractivity contribution in [3.05, 3.63) is 10.6 Å². The van der Waals surface area contributed by atoms with Crippen LogP contribution in [-0.4, -0.2) is 37.1 Å². The number of hydrogen-bond acceptors (Lipinski definition) is 4. The van der Waals surface area contributed by atoms with Crippen molar-refractivity contribution in [3.63, 3.8) is 0 Å². The van der Waals surface area contributed by atoms with Gasteiger partial charge in [-0.1, -0.05) is 15.9 Å². The summed E-state index contributed by atoms with van der Waals surface area (Å²) in [5, 5.41) is 2.05. The number of halogens is 1. The molecule has 1 rings (SSSR count). The Hall–Kier alpha value is -0.130. The summed E-state index contributed by atoms with van der Waals surface area (Å²) in [5.74, 6) is 0. The standard InChI is InChI=1S/C10H17BrN2OS/c1-8-9(2)15-10(12-8)13(5-4-11)6-7-14-3/h4-7H2,1-3H3. The highest BCUT2D eigenvalue weighted by molar-refractivity contribution is 9.09. The van der Waals surface area contributed by atoms with Crippen LogP contribution in [-0.2, 0) is 4.74 Å². The number of alkyl halides is 1. The largest absolute Gasteiger partial charge is 0.383 e. The number of methoxy groups -OCH3 is 1. The molecule has 1 heterocycles.